The standard InChI is InChI=1S/C23H22Cl2N6O5S/c1-2-3-7-15-12-19(27-23(34)26-18-10-5-9-17(24)20(18)25)31(28-15)16-8-4-6-14(11-16)13-30-22(33)21(32)29-37(30,35)36/h4-6,8-12H,2-3,7,13H2,1H3,(H,29,32)(H2,26,27,34). The number of halogens is 2. The number of carbonyl (C=O) groups is 3. The van der Waals surface area contributed by atoms with Crippen LogP contribution in [0.5, 0.6) is 0 Å². The number of nitrogens with zero attached hydrogens (tertiary/aromatic N) is 3. The van der Waals surface area contributed by atoms with Crippen molar-refractivity contribution in [1.29, 1.82) is 0 Å². The predicted molar refractivity (Wildman–Crippen MR) is 139 cm³/mol. The fraction of sp³-hybridized carbons (Fsp3) is 0.217. The number of rotatable bonds is 8. The van der Waals surface area contributed by atoms with Crippen molar-refractivity contribution < 1.29 is 22.8 Å². The number of unbranched alkanes of at least 4 members (excludes halogenated alkanes) is 1. The highest BCUT2D eigenvalue weighted by Gasteiger charge is 2.41. The summed E-state index contributed by atoms with van der Waals surface area (Å²) >= 11 is 12.2. The molecule has 1 aliphatic heterocycles. The number of anilines is 2. The number of aromatic nitrogens is 2. The predicted octanol–water partition coefficient (Wildman–Crippen LogP) is 3.87. The molecule has 0 spiro atoms. The number of benzene rings is 2. The summed E-state index contributed by atoms with van der Waals surface area (Å²) in [6, 6.07) is 12.6. The van der Waals surface area contributed by atoms with E-state index in [1.54, 1.807) is 53.3 Å². The summed E-state index contributed by atoms with van der Waals surface area (Å²) in [5.74, 6) is -2.02. The van der Waals surface area contributed by atoms with Crippen LogP contribution in [0.15, 0.2) is 48.5 Å². The minimum absolute atomic E-state index is 0.198. The van der Waals surface area contributed by atoms with Gasteiger partial charge in [0.05, 0.1) is 33.7 Å². The lowest BCUT2D eigenvalue weighted by Crippen LogP contribution is -2.31. The van der Waals surface area contributed by atoms with E-state index in [1.807, 2.05) is 0 Å². The number of amides is 4. The molecular formula is C23H22Cl2N6O5S. The molecule has 1 saturated heterocycles. The zero-order valence-corrected chi connectivity index (χ0v) is 21.8. The van der Waals surface area contributed by atoms with Gasteiger partial charge in [0.2, 0.25) is 0 Å². The Kier molecular flexibility index (Phi) is 7.71. The van der Waals surface area contributed by atoms with Crippen LogP contribution in [-0.2, 0) is 32.8 Å². The third-order valence-corrected chi connectivity index (χ3v) is 7.54. The molecule has 0 saturated carbocycles. The summed E-state index contributed by atoms with van der Waals surface area (Å²) < 4.78 is 27.8. The molecule has 3 aromatic rings. The first-order valence-electron chi connectivity index (χ1n) is 11.2. The summed E-state index contributed by atoms with van der Waals surface area (Å²) in [5.41, 5.74) is 1.98. The molecular weight excluding hydrogens is 543 g/mol. The maximum atomic E-state index is 12.8. The second-order valence-corrected chi connectivity index (χ2v) is 10.5. The Morgan fingerprint density at radius 3 is 2.54 bits per heavy atom. The van der Waals surface area contributed by atoms with Crippen molar-refractivity contribution in [2.75, 3.05) is 10.6 Å². The topological polar surface area (TPSA) is 142 Å². The van der Waals surface area contributed by atoms with E-state index >= 15 is 0 Å². The van der Waals surface area contributed by atoms with Gasteiger partial charge in [-0.15, -0.1) is 0 Å². The fourth-order valence-corrected chi connectivity index (χ4v) is 5.01. The van der Waals surface area contributed by atoms with Gasteiger partial charge < -0.3 is 5.32 Å². The van der Waals surface area contributed by atoms with Gasteiger partial charge in [0.1, 0.15) is 5.82 Å². The second-order valence-electron chi connectivity index (χ2n) is 8.13. The van der Waals surface area contributed by atoms with Crippen LogP contribution in [0, 0.1) is 0 Å². The molecule has 11 nitrogen and oxygen atoms in total. The Morgan fingerprint density at radius 2 is 1.84 bits per heavy atom. The van der Waals surface area contributed by atoms with Gasteiger partial charge in [-0.3, -0.25) is 14.9 Å². The number of nitrogens with one attached hydrogen (secondary N) is 3. The quantitative estimate of drug-likeness (QED) is 0.354. The molecule has 2 heterocycles. The van der Waals surface area contributed by atoms with Crippen molar-refractivity contribution in [2.24, 2.45) is 0 Å². The first-order chi connectivity index (χ1) is 17.6. The largest absolute Gasteiger partial charge is 0.329 e. The molecule has 0 radical (unpaired) electrons. The molecule has 0 bridgehead atoms. The highest BCUT2D eigenvalue weighted by molar-refractivity contribution is 7.89. The van der Waals surface area contributed by atoms with Crippen LogP contribution in [0.3, 0.4) is 0 Å². The van der Waals surface area contributed by atoms with Gasteiger partial charge in [0, 0.05) is 6.07 Å². The molecule has 4 rings (SSSR count). The highest BCUT2D eigenvalue weighted by Crippen LogP contribution is 2.30. The van der Waals surface area contributed by atoms with E-state index in [2.05, 4.69) is 22.7 Å². The Morgan fingerprint density at radius 1 is 1.08 bits per heavy atom. The SMILES string of the molecule is CCCCc1cc(NC(=O)Nc2cccc(Cl)c2Cl)n(-c2cccc(CN3C(=O)C(=O)NS3(=O)=O)c2)n1. The van der Waals surface area contributed by atoms with Crippen LogP contribution >= 0.6 is 23.2 Å². The number of urea groups is 1. The maximum absolute atomic E-state index is 12.8. The Bertz CT molecular complexity index is 1490. The minimum Gasteiger partial charge on any atom is -0.306 e. The van der Waals surface area contributed by atoms with Crippen molar-refractivity contribution in [3.8, 4) is 5.69 Å². The van der Waals surface area contributed by atoms with Gasteiger partial charge in [-0.05, 0) is 42.7 Å². The normalized spacial score (nSPS) is 14.5. The van der Waals surface area contributed by atoms with E-state index in [9.17, 15) is 22.8 Å². The van der Waals surface area contributed by atoms with Crippen molar-refractivity contribution in [3.05, 3.63) is 69.8 Å². The smallest absolute Gasteiger partial charge is 0.306 e. The van der Waals surface area contributed by atoms with Crippen LogP contribution < -0.4 is 15.4 Å². The van der Waals surface area contributed by atoms with Crippen LogP contribution in [0.25, 0.3) is 5.69 Å². The van der Waals surface area contributed by atoms with E-state index in [4.69, 9.17) is 23.2 Å². The average molecular weight is 565 g/mol. The summed E-state index contributed by atoms with van der Waals surface area (Å²) in [6.45, 7) is 1.70. The van der Waals surface area contributed by atoms with Crippen molar-refractivity contribution in [1.82, 2.24) is 18.8 Å². The number of aryl methyl sites for hydroxylation is 1. The number of hydrogen-bond donors (Lipinski definition) is 3. The number of hydrogen-bond acceptors (Lipinski definition) is 6. The Balaban J connectivity index is 1.61. The monoisotopic (exact) mass is 564 g/mol. The highest BCUT2D eigenvalue weighted by atomic mass is 35.5. The molecule has 194 valence electrons. The van der Waals surface area contributed by atoms with Gasteiger partial charge in [-0.2, -0.15) is 13.5 Å². The first-order valence-corrected chi connectivity index (χ1v) is 13.4. The van der Waals surface area contributed by atoms with Crippen LogP contribution in [-0.4, -0.2) is 40.3 Å². The average Bonchev–Trinajstić information content (AvgIpc) is 3.33. The van der Waals surface area contributed by atoms with Gasteiger partial charge in [-0.1, -0.05) is 54.7 Å². The fourth-order valence-electron chi connectivity index (χ4n) is 3.61. The molecule has 0 atom stereocenters. The molecule has 1 aromatic heterocycles. The lowest BCUT2D eigenvalue weighted by molar-refractivity contribution is -0.140. The second kappa shape index (κ2) is 10.8. The van der Waals surface area contributed by atoms with Crippen LogP contribution in [0.2, 0.25) is 10.0 Å². The van der Waals surface area contributed by atoms with Crippen molar-refractivity contribution in [2.45, 2.75) is 32.7 Å². The molecule has 1 fully saturated rings. The lowest BCUT2D eigenvalue weighted by atomic mass is 10.2. The summed E-state index contributed by atoms with van der Waals surface area (Å²) in [7, 11) is -4.25. The summed E-state index contributed by atoms with van der Waals surface area (Å²) in [4.78, 5) is 36.3. The zero-order valence-electron chi connectivity index (χ0n) is 19.5. The molecule has 1 aliphatic rings. The lowest BCUT2D eigenvalue weighted by Gasteiger charge is -2.14. The third-order valence-electron chi connectivity index (χ3n) is 5.40. The van der Waals surface area contributed by atoms with Crippen LogP contribution in [0.4, 0.5) is 16.3 Å². The van der Waals surface area contributed by atoms with E-state index in [1.165, 1.54) is 4.68 Å². The number of carbonyl (C=O) groups excluding carboxylic acids is 3. The molecule has 14 heteroatoms. The van der Waals surface area contributed by atoms with Crippen LogP contribution in [0.1, 0.15) is 31.0 Å². The molecule has 0 unspecified atom stereocenters. The van der Waals surface area contributed by atoms with E-state index < -0.39 is 28.1 Å². The molecule has 0 aliphatic carbocycles. The van der Waals surface area contributed by atoms with Crippen molar-refractivity contribution >= 4 is 62.8 Å². The van der Waals surface area contributed by atoms with E-state index in [0.717, 1.165) is 18.5 Å². The van der Waals surface area contributed by atoms with Gasteiger partial charge >= 0.3 is 28.1 Å². The van der Waals surface area contributed by atoms with Gasteiger partial charge in [0.15, 0.2) is 0 Å². The first kappa shape index (κ1) is 26.5. The Labute approximate surface area is 222 Å². The maximum Gasteiger partial charge on any atom is 0.329 e. The molecule has 4 amide bonds. The molecule has 3 N–H and O–H groups in total. The molecule has 37 heavy (non-hydrogen) atoms. The third kappa shape index (κ3) is 5.87. The van der Waals surface area contributed by atoms with Gasteiger partial charge in [0.25, 0.3) is 0 Å². The summed E-state index contributed by atoms with van der Waals surface area (Å²) in [5, 5.41) is 10.5. The minimum atomic E-state index is -4.25. The van der Waals surface area contributed by atoms with Crippen molar-refractivity contribution in [3.63, 3.8) is 0 Å². The zero-order chi connectivity index (χ0) is 26.7. The van der Waals surface area contributed by atoms with Gasteiger partial charge in [-0.25, -0.2) is 18.5 Å². The Hall–Kier alpha value is -3.61. The van der Waals surface area contributed by atoms with E-state index in [-0.39, 0.29) is 11.6 Å². The summed E-state index contributed by atoms with van der Waals surface area (Å²) in [6.07, 6.45) is 2.51. The molecule has 2 aromatic carbocycles. The van der Waals surface area contributed by atoms with E-state index in [0.29, 0.717) is 38.5 Å².